The zero-order valence-corrected chi connectivity index (χ0v) is 11.4. The molecule has 0 atom stereocenters. The van der Waals surface area contributed by atoms with Gasteiger partial charge in [0.05, 0.1) is 5.69 Å². The Morgan fingerprint density at radius 2 is 1.76 bits per heavy atom. The minimum absolute atomic E-state index is 0.843. The lowest BCUT2D eigenvalue weighted by molar-refractivity contribution is 0.523. The molecule has 3 nitrogen and oxygen atoms in total. The molecule has 1 heterocycles. The predicted octanol–water partition coefficient (Wildman–Crippen LogP) is 3.80. The molecular weight excluding hydrogens is 210 g/mol. The SMILES string of the molecule is Cc1nccnc1NCCCCCCC(C)C. The van der Waals surface area contributed by atoms with Gasteiger partial charge in [-0.1, -0.05) is 39.5 Å². The molecule has 1 rings (SSSR count). The predicted molar refractivity (Wildman–Crippen MR) is 73.2 cm³/mol. The number of nitrogens with one attached hydrogen (secondary N) is 1. The Hall–Kier alpha value is -1.12. The summed E-state index contributed by atoms with van der Waals surface area (Å²) in [6.45, 7) is 7.57. The molecule has 0 radical (unpaired) electrons. The number of anilines is 1. The molecule has 0 aliphatic rings. The van der Waals surface area contributed by atoms with Gasteiger partial charge in [-0.15, -0.1) is 0 Å². The first-order chi connectivity index (χ1) is 8.20. The smallest absolute Gasteiger partial charge is 0.147 e. The summed E-state index contributed by atoms with van der Waals surface area (Å²) in [5, 5.41) is 3.34. The highest BCUT2D eigenvalue weighted by atomic mass is 15.0. The van der Waals surface area contributed by atoms with Crippen LogP contribution in [0.2, 0.25) is 0 Å². The number of unbranched alkanes of at least 4 members (excludes halogenated alkanes) is 3. The van der Waals surface area contributed by atoms with E-state index in [9.17, 15) is 0 Å². The fourth-order valence-electron chi connectivity index (χ4n) is 1.82. The van der Waals surface area contributed by atoms with Gasteiger partial charge in [-0.3, -0.25) is 4.98 Å². The Bertz CT molecular complexity index is 310. The van der Waals surface area contributed by atoms with Crippen molar-refractivity contribution in [3.8, 4) is 0 Å². The van der Waals surface area contributed by atoms with Gasteiger partial charge in [-0.2, -0.15) is 0 Å². The van der Waals surface area contributed by atoms with Crippen LogP contribution in [-0.4, -0.2) is 16.5 Å². The third-order valence-corrected chi connectivity index (χ3v) is 2.88. The molecule has 0 aromatic carbocycles. The van der Waals surface area contributed by atoms with Crippen molar-refractivity contribution in [2.24, 2.45) is 5.92 Å². The van der Waals surface area contributed by atoms with Crippen molar-refractivity contribution in [3.63, 3.8) is 0 Å². The minimum Gasteiger partial charge on any atom is -0.369 e. The first-order valence-electron chi connectivity index (χ1n) is 6.71. The van der Waals surface area contributed by atoms with Crippen LogP contribution in [0, 0.1) is 12.8 Å². The number of aryl methyl sites for hydroxylation is 1. The molecule has 0 saturated heterocycles. The van der Waals surface area contributed by atoms with E-state index < -0.39 is 0 Å². The molecule has 1 N–H and O–H groups in total. The minimum atomic E-state index is 0.843. The molecule has 17 heavy (non-hydrogen) atoms. The van der Waals surface area contributed by atoms with Gasteiger partial charge in [-0.25, -0.2) is 4.98 Å². The Kier molecular flexibility index (Phi) is 6.60. The van der Waals surface area contributed by atoms with Crippen LogP contribution in [0.1, 0.15) is 51.6 Å². The van der Waals surface area contributed by atoms with Crippen LogP contribution in [0.25, 0.3) is 0 Å². The monoisotopic (exact) mass is 235 g/mol. The van der Waals surface area contributed by atoms with E-state index in [-0.39, 0.29) is 0 Å². The van der Waals surface area contributed by atoms with E-state index in [1.165, 1.54) is 32.1 Å². The Labute approximate surface area is 105 Å². The first-order valence-corrected chi connectivity index (χ1v) is 6.71. The Morgan fingerprint density at radius 1 is 1.06 bits per heavy atom. The second-order valence-electron chi connectivity index (χ2n) is 5.01. The molecule has 0 fully saturated rings. The van der Waals surface area contributed by atoms with E-state index in [1.54, 1.807) is 12.4 Å². The van der Waals surface area contributed by atoms with E-state index >= 15 is 0 Å². The maximum atomic E-state index is 4.26. The summed E-state index contributed by atoms with van der Waals surface area (Å²) in [6.07, 6.45) is 10.1. The summed E-state index contributed by atoms with van der Waals surface area (Å²) in [6, 6.07) is 0. The van der Waals surface area contributed by atoms with Gasteiger partial charge in [0.1, 0.15) is 5.82 Å². The largest absolute Gasteiger partial charge is 0.369 e. The number of hydrogen-bond acceptors (Lipinski definition) is 3. The molecule has 3 heteroatoms. The van der Waals surface area contributed by atoms with Gasteiger partial charge in [0.2, 0.25) is 0 Å². The lowest BCUT2D eigenvalue weighted by Gasteiger charge is -2.07. The van der Waals surface area contributed by atoms with Crippen molar-refractivity contribution in [2.45, 2.75) is 52.9 Å². The Balaban J connectivity index is 2.03. The molecule has 96 valence electrons. The average Bonchev–Trinajstić information content (AvgIpc) is 2.30. The topological polar surface area (TPSA) is 37.8 Å². The molecule has 0 aliphatic heterocycles. The summed E-state index contributed by atoms with van der Waals surface area (Å²) in [7, 11) is 0. The summed E-state index contributed by atoms with van der Waals surface area (Å²) >= 11 is 0. The maximum absolute atomic E-state index is 4.26. The zero-order chi connectivity index (χ0) is 12.5. The third-order valence-electron chi connectivity index (χ3n) is 2.88. The molecule has 1 aromatic heterocycles. The summed E-state index contributed by atoms with van der Waals surface area (Å²) in [5.41, 5.74) is 0.979. The molecule has 0 saturated carbocycles. The Morgan fingerprint density at radius 3 is 2.47 bits per heavy atom. The second-order valence-corrected chi connectivity index (χ2v) is 5.01. The van der Waals surface area contributed by atoms with Crippen molar-refractivity contribution in [3.05, 3.63) is 18.1 Å². The lowest BCUT2D eigenvalue weighted by atomic mass is 10.0. The van der Waals surface area contributed by atoms with Crippen LogP contribution in [0.4, 0.5) is 5.82 Å². The van der Waals surface area contributed by atoms with E-state index in [2.05, 4.69) is 29.1 Å². The van der Waals surface area contributed by atoms with E-state index in [0.29, 0.717) is 0 Å². The van der Waals surface area contributed by atoms with E-state index in [1.807, 2.05) is 6.92 Å². The fourth-order valence-corrected chi connectivity index (χ4v) is 1.82. The number of rotatable bonds is 8. The molecule has 0 spiro atoms. The summed E-state index contributed by atoms with van der Waals surface area (Å²) < 4.78 is 0. The van der Waals surface area contributed by atoms with E-state index in [0.717, 1.165) is 24.0 Å². The van der Waals surface area contributed by atoms with Crippen LogP contribution >= 0.6 is 0 Å². The summed E-state index contributed by atoms with van der Waals surface area (Å²) in [4.78, 5) is 8.46. The second kappa shape index (κ2) is 8.04. The van der Waals surface area contributed by atoms with Gasteiger partial charge in [0.25, 0.3) is 0 Å². The van der Waals surface area contributed by atoms with Crippen molar-refractivity contribution >= 4 is 5.82 Å². The zero-order valence-electron chi connectivity index (χ0n) is 11.4. The van der Waals surface area contributed by atoms with Gasteiger partial charge in [0, 0.05) is 18.9 Å². The fraction of sp³-hybridized carbons (Fsp3) is 0.714. The first kappa shape index (κ1) is 13.9. The van der Waals surface area contributed by atoms with Crippen molar-refractivity contribution < 1.29 is 0 Å². The van der Waals surface area contributed by atoms with E-state index in [4.69, 9.17) is 0 Å². The standard InChI is InChI=1S/C14H25N3/c1-12(2)8-6-4-5-7-9-16-14-13(3)15-10-11-17-14/h10-12H,4-9H2,1-3H3,(H,16,17). The van der Waals surface area contributed by atoms with Gasteiger partial charge >= 0.3 is 0 Å². The average molecular weight is 235 g/mol. The molecular formula is C14H25N3. The van der Waals surface area contributed by atoms with Gasteiger partial charge in [0.15, 0.2) is 0 Å². The van der Waals surface area contributed by atoms with Crippen LogP contribution in [0.5, 0.6) is 0 Å². The molecule has 0 amide bonds. The number of aromatic nitrogens is 2. The van der Waals surface area contributed by atoms with Crippen LogP contribution in [0.15, 0.2) is 12.4 Å². The van der Waals surface area contributed by atoms with Gasteiger partial charge in [-0.05, 0) is 19.3 Å². The van der Waals surface area contributed by atoms with Crippen LogP contribution in [0.3, 0.4) is 0 Å². The van der Waals surface area contributed by atoms with Crippen molar-refractivity contribution in [2.75, 3.05) is 11.9 Å². The van der Waals surface area contributed by atoms with Gasteiger partial charge < -0.3 is 5.32 Å². The highest BCUT2D eigenvalue weighted by molar-refractivity contribution is 5.37. The molecule has 0 aliphatic carbocycles. The molecule has 0 bridgehead atoms. The van der Waals surface area contributed by atoms with Crippen molar-refractivity contribution in [1.82, 2.24) is 9.97 Å². The molecule has 0 unspecified atom stereocenters. The van der Waals surface area contributed by atoms with Crippen molar-refractivity contribution in [1.29, 1.82) is 0 Å². The summed E-state index contributed by atoms with van der Waals surface area (Å²) in [5.74, 6) is 1.77. The maximum Gasteiger partial charge on any atom is 0.147 e. The normalized spacial score (nSPS) is 10.8. The highest BCUT2D eigenvalue weighted by Gasteiger charge is 1.98. The van der Waals surface area contributed by atoms with Crippen LogP contribution in [-0.2, 0) is 0 Å². The highest BCUT2D eigenvalue weighted by Crippen LogP contribution is 2.10. The quantitative estimate of drug-likeness (QED) is 0.696. The third kappa shape index (κ3) is 6.25. The molecule has 1 aromatic rings. The number of nitrogens with zero attached hydrogens (tertiary/aromatic N) is 2. The van der Waals surface area contributed by atoms with Crippen LogP contribution < -0.4 is 5.32 Å². The number of hydrogen-bond donors (Lipinski definition) is 1. The lowest BCUT2D eigenvalue weighted by Crippen LogP contribution is -2.05.